The van der Waals surface area contributed by atoms with Gasteiger partial charge in [0.15, 0.2) is 22.6 Å². The summed E-state index contributed by atoms with van der Waals surface area (Å²) in [5, 5.41) is 0. The van der Waals surface area contributed by atoms with Crippen molar-refractivity contribution in [1.29, 1.82) is 0 Å². The van der Waals surface area contributed by atoms with Gasteiger partial charge in [-0.2, -0.15) is 18.1 Å². The monoisotopic (exact) mass is 627 g/mol. The molecule has 42 heavy (non-hydrogen) atoms. The molecular formula is C20H26N11O9PS. The highest BCUT2D eigenvalue weighted by Crippen LogP contribution is 2.35. The molecule has 2 saturated heterocycles. The van der Waals surface area contributed by atoms with Crippen LogP contribution in [-0.2, 0) is 33.0 Å². The van der Waals surface area contributed by atoms with Crippen LogP contribution in [0.15, 0.2) is 23.8 Å². The van der Waals surface area contributed by atoms with E-state index in [4.69, 9.17) is 34.5 Å². The van der Waals surface area contributed by atoms with Crippen molar-refractivity contribution < 1.29 is 36.1 Å². The highest BCUT2D eigenvalue weighted by molar-refractivity contribution is 7.84. The normalized spacial score (nSPS) is 25.5. The van der Waals surface area contributed by atoms with E-state index in [2.05, 4.69) is 34.6 Å². The summed E-state index contributed by atoms with van der Waals surface area (Å²) < 4.78 is 64.6. The third kappa shape index (κ3) is 5.72. The molecule has 0 aliphatic carbocycles. The summed E-state index contributed by atoms with van der Waals surface area (Å²) in [7, 11) is -7.70. The lowest BCUT2D eigenvalue weighted by molar-refractivity contribution is -0.0340. The molecule has 2 aliphatic heterocycles. The first-order chi connectivity index (χ1) is 20.1. The topological polar surface area (TPSA) is 280 Å². The molecule has 7 N–H and O–H groups in total. The number of nitrogens with one attached hydrogen (secondary N) is 2. The Morgan fingerprint density at radius 2 is 1.86 bits per heavy atom. The number of rotatable bonds is 10. The molecule has 0 amide bonds. The van der Waals surface area contributed by atoms with Crippen LogP contribution in [0.25, 0.3) is 22.3 Å². The van der Waals surface area contributed by atoms with E-state index in [1.807, 2.05) is 0 Å². The first-order valence-electron chi connectivity index (χ1n) is 12.6. The van der Waals surface area contributed by atoms with Gasteiger partial charge in [0.1, 0.15) is 36.5 Å². The maximum absolute atomic E-state index is 12.9. The average molecular weight is 628 g/mol. The molecule has 0 spiro atoms. The van der Waals surface area contributed by atoms with Gasteiger partial charge in [0.2, 0.25) is 5.95 Å². The Hall–Kier alpha value is -3.56. The van der Waals surface area contributed by atoms with Crippen LogP contribution in [0.1, 0.15) is 31.7 Å². The van der Waals surface area contributed by atoms with Gasteiger partial charge in [-0.25, -0.2) is 19.9 Å². The van der Waals surface area contributed by atoms with E-state index in [1.54, 1.807) is 10.9 Å². The SMILES string of the molecule is Nc1nc2c(ncn2[C@H]2C[C@H](OS(=O)(=O)NC[C@@H]3CC[C@H](n4cnc5c(N)ncnc54)O3)[C@@H](CO[PH](=O)O)O2)c(=O)[nH]1. The van der Waals surface area contributed by atoms with Crippen molar-refractivity contribution >= 4 is 52.7 Å². The Morgan fingerprint density at radius 3 is 2.64 bits per heavy atom. The lowest BCUT2D eigenvalue weighted by Crippen LogP contribution is -2.38. The Labute approximate surface area is 236 Å². The predicted molar refractivity (Wildman–Crippen MR) is 143 cm³/mol. The molecule has 4 aromatic rings. The summed E-state index contributed by atoms with van der Waals surface area (Å²) in [5.41, 5.74) is 12.0. The van der Waals surface area contributed by atoms with E-state index in [1.165, 1.54) is 17.2 Å². The van der Waals surface area contributed by atoms with Crippen LogP contribution < -0.4 is 21.7 Å². The number of nitrogens with zero attached hydrogens (tertiary/aromatic N) is 7. The third-order valence-electron chi connectivity index (χ3n) is 6.83. The Kier molecular flexibility index (Phi) is 7.66. The van der Waals surface area contributed by atoms with Crippen LogP contribution in [0.5, 0.6) is 0 Å². The Morgan fingerprint density at radius 1 is 1.10 bits per heavy atom. The maximum Gasteiger partial charge on any atom is 0.336 e. The molecule has 226 valence electrons. The molecule has 20 nitrogen and oxygen atoms in total. The zero-order valence-electron chi connectivity index (χ0n) is 21.6. The highest BCUT2D eigenvalue weighted by Gasteiger charge is 2.41. The summed E-state index contributed by atoms with van der Waals surface area (Å²) in [6, 6.07) is 0. The fraction of sp³-hybridized carbons (Fsp3) is 0.500. The first-order valence-corrected chi connectivity index (χ1v) is 15.2. The fourth-order valence-corrected chi connectivity index (χ4v) is 6.24. The lowest BCUT2D eigenvalue weighted by Gasteiger charge is -2.19. The fourth-order valence-electron chi connectivity index (χ4n) is 4.94. The Bertz CT molecular complexity index is 1810. The van der Waals surface area contributed by atoms with Crippen molar-refractivity contribution in [2.45, 2.75) is 50.0 Å². The van der Waals surface area contributed by atoms with Crippen LogP contribution >= 0.6 is 8.25 Å². The molecule has 4 aromatic heterocycles. The number of anilines is 2. The number of fused-ring (bicyclic) bond motifs is 2. The maximum atomic E-state index is 12.9. The minimum absolute atomic E-state index is 0.00542. The zero-order valence-corrected chi connectivity index (χ0v) is 23.4. The van der Waals surface area contributed by atoms with Crippen molar-refractivity contribution in [3.8, 4) is 0 Å². The van der Waals surface area contributed by atoms with Gasteiger partial charge < -0.3 is 30.4 Å². The van der Waals surface area contributed by atoms with E-state index < -0.39 is 61.5 Å². The zero-order chi connectivity index (χ0) is 29.6. The van der Waals surface area contributed by atoms with Crippen LogP contribution in [-0.4, -0.2) is 83.8 Å². The highest BCUT2D eigenvalue weighted by atomic mass is 32.2. The number of hydrogen-bond donors (Lipinski definition) is 5. The van der Waals surface area contributed by atoms with Gasteiger partial charge in [-0.3, -0.25) is 27.7 Å². The molecule has 22 heteroatoms. The van der Waals surface area contributed by atoms with E-state index in [9.17, 15) is 17.8 Å². The van der Waals surface area contributed by atoms with E-state index >= 15 is 0 Å². The van der Waals surface area contributed by atoms with Crippen molar-refractivity contribution in [2.24, 2.45) is 0 Å². The van der Waals surface area contributed by atoms with Gasteiger partial charge in [-0.05, 0) is 12.8 Å². The minimum atomic E-state index is -4.35. The van der Waals surface area contributed by atoms with E-state index in [-0.39, 0.29) is 35.9 Å². The number of aromatic amines is 1. The number of H-pyrrole nitrogens is 1. The van der Waals surface area contributed by atoms with E-state index in [0.29, 0.717) is 24.0 Å². The molecule has 2 aliphatic rings. The second-order valence-corrected chi connectivity index (χ2v) is 11.7. The number of hydrogen-bond acceptors (Lipinski definition) is 15. The quantitative estimate of drug-likeness (QED) is 0.128. The number of nitrogen functional groups attached to an aromatic ring is 2. The van der Waals surface area contributed by atoms with Gasteiger partial charge in [0.05, 0.1) is 25.4 Å². The summed E-state index contributed by atoms with van der Waals surface area (Å²) >= 11 is 0. The number of nitrogens with two attached hydrogens (primary N) is 2. The summed E-state index contributed by atoms with van der Waals surface area (Å²) in [6.07, 6.45) is 1.18. The minimum Gasteiger partial charge on any atom is -0.382 e. The standard InChI is InChI=1S/C20H26N11O9PS/c21-16-14-17(24-6-23-16)30(7-25-14)12-2-1-9(38-12)4-27-42(35,36)40-10-3-13(39-11(10)5-37-41(33)34)31-8-26-15-18(31)28-20(22)29-19(15)32/h6-13,27,41H,1-5H2,(H,33,34)(H2,21,23,24)(H3,22,28,29,32)/t9-,10-,11+,12+,13+/m0/s1. The van der Waals surface area contributed by atoms with Crippen molar-refractivity contribution in [1.82, 2.24) is 43.8 Å². The Balaban J connectivity index is 1.11. The van der Waals surface area contributed by atoms with Crippen LogP contribution in [0, 0.1) is 0 Å². The molecule has 0 aromatic carbocycles. The molecule has 0 bridgehead atoms. The van der Waals surface area contributed by atoms with Gasteiger partial charge >= 0.3 is 18.6 Å². The van der Waals surface area contributed by atoms with E-state index in [0.717, 1.165) is 0 Å². The average Bonchev–Trinajstić information content (AvgIpc) is 3.71. The number of ether oxygens (including phenoxy) is 2. The van der Waals surface area contributed by atoms with Crippen LogP contribution in [0.2, 0.25) is 0 Å². The largest absolute Gasteiger partial charge is 0.382 e. The number of aromatic nitrogens is 8. The van der Waals surface area contributed by atoms with Crippen LogP contribution in [0.3, 0.4) is 0 Å². The summed E-state index contributed by atoms with van der Waals surface area (Å²) in [5.74, 6) is 0.0855. The molecule has 1 unspecified atom stereocenters. The summed E-state index contributed by atoms with van der Waals surface area (Å²) in [4.78, 5) is 44.1. The molecule has 0 saturated carbocycles. The van der Waals surface area contributed by atoms with Crippen molar-refractivity contribution in [2.75, 3.05) is 24.6 Å². The molecule has 6 rings (SSSR count). The van der Waals surface area contributed by atoms with Gasteiger partial charge in [-0.1, -0.05) is 0 Å². The molecular weight excluding hydrogens is 601 g/mol. The predicted octanol–water partition coefficient (Wildman–Crippen LogP) is -1.29. The van der Waals surface area contributed by atoms with Crippen LogP contribution in [0.4, 0.5) is 11.8 Å². The summed E-state index contributed by atoms with van der Waals surface area (Å²) in [6.45, 7) is -0.530. The molecule has 0 radical (unpaired) electrons. The van der Waals surface area contributed by atoms with Gasteiger partial charge in [0.25, 0.3) is 5.56 Å². The second kappa shape index (κ2) is 11.3. The molecule has 6 atom stereocenters. The second-order valence-electron chi connectivity index (χ2n) is 9.53. The lowest BCUT2D eigenvalue weighted by atomic mass is 10.2. The molecule has 6 heterocycles. The van der Waals surface area contributed by atoms with Gasteiger partial charge in [-0.15, -0.1) is 0 Å². The number of imidazole rings is 2. The van der Waals surface area contributed by atoms with Gasteiger partial charge in [0, 0.05) is 13.0 Å². The smallest absolute Gasteiger partial charge is 0.336 e. The molecule has 2 fully saturated rings. The third-order valence-corrected chi connectivity index (χ3v) is 8.27. The van der Waals surface area contributed by atoms with Crippen molar-refractivity contribution in [3.63, 3.8) is 0 Å². The van der Waals surface area contributed by atoms with Crippen molar-refractivity contribution in [3.05, 3.63) is 29.3 Å². The first kappa shape index (κ1) is 28.6.